The SMILES string of the molecule is CCN(CC)[C@@H](C(=O)N1CCC[C@H]1c1ncc(-c2ccc(-c3ccc(-c4cnc([C@@H]5CCCN5C(=O)[C@H](COC)N(C)C(=O)O)[nH]4)cc3)cc2)[nH]1)c1ccccc1. The molecule has 2 aromatic heterocycles. The fraction of sp³-hybridized carbons (Fsp3) is 0.386. The Labute approximate surface area is 333 Å². The van der Waals surface area contributed by atoms with E-state index in [1.807, 2.05) is 53.6 Å². The zero-order valence-electron chi connectivity index (χ0n) is 33.1. The maximum absolute atomic E-state index is 14.2. The lowest BCUT2D eigenvalue weighted by Gasteiger charge is -2.34. The zero-order chi connectivity index (χ0) is 40.1. The van der Waals surface area contributed by atoms with Crippen LogP contribution < -0.4 is 0 Å². The minimum Gasteiger partial charge on any atom is -0.465 e. The highest BCUT2D eigenvalue weighted by atomic mass is 16.5. The summed E-state index contributed by atoms with van der Waals surface area (Å²) in [6.07, 6.45) is 5.80. The summed E-state index contributed by atoms with van der Waals surface area (Å²) < 4.78 is 5.19. The molecule has 3 amide bonds. The molecule has 0 bridgehead atoms. The van der Waals surface area contributed by atoms with Crippen LogP contribution in [0.5, 0.6) is 0 Å². The molecule has 298 valence electrons. The molecule has 5 aromatic rings. The molecule has 2 aliphatic heterocycles. The molecule has 2 saturated heterocycles. The maximum atomic E-state index is 14.2. The summed E-state index contributed by atoms with van der Waals surface area (Å²) in [6.45, 7) is 6.99. The van der Waals surface area contributed by atoms with Crippen molar-refractivity contribution in [3.05, 3.63) is 108 Å². The molecule has 2 fully saturated rings. The van der Waals surface area contributed by atoms with E-state index >= 15 is 0 Å². The minimum absolute atomic E-state index is 0.0241. The first-order valence-electron chi connectivity index (χ1n) is 19.9. The van der Waals surface area contributed by atoms with Gasteiger partial charge in [-0.2, -0.15) is 0 Å². The molecule has 4 atom stereocenters. The minimum atomic E-state index is -1.18. The van der Waals surface area contributed by atoms with Gasteiger partial charge in [0.15, 0.2) is 0 Å². The summed E-state index contributed by atoms with van der Waals surface area (Å²) in [4.78, 5) is 62.7. The highest BCUT2D eigenvalue weighted by Gasteiger charge is 2.39. The summed E-state index contributed by atoms with van der Waals surface area (Å²) in [7, 11) is 2.84. The van der Waals surface area contributed by atoms with Crippen molar-refractivity contribution in [1.29, 1.82) is 0 Å². The maximum Gasteiger partial charge on any atom is 0.407 e. The molecule has 0 radical (unpaired) electrons. The van der Waals surface area contributed by atoms with Crippen LogP contribution in [-0.2, 0) is 14.3 Å². The van der Waals surface area contributed by atoms with Crippen molar-refractivity contribution >= 4 is 17.9 Å². The second-order valence-corrected chi connectivity index (χ2v) is 14.8. The van der Waals surface area contributed by atoms with Crippen LogP contribution in [0.3, 0.4) is 0 Å². The number of methoxy groups -OCH3 is 1. The summed E-state index contributed by atoms with van der Waals surface area (Å²) in [5, 5.41) is 9.52. The Hall–Kier alpha value is -5.79. The molecular weight excluding hydrogens is 721 g/mol. The van der Waals surface area contributed by atoms with Crippen LogP contribution in [0.15, 0.2) is 91.3 Å². The average Bonchev–Trinajstić information content (AvgIpc) is 4.09. The molecule has 13 heteroatoms. The van der Waals surface area contributed by atoms with Crippen molar-refractivity contribution in [1.82, 2.24) is 39.5 Å². The second kappa shape index (κ2) is 17.6. The van der Waals surface area contributed by atoms with Gasteiger partial charge in [-0.05, 0) is 66.6 Å². The molecule has 4 heterocycles. The van der Waals surface area contributed by atoms with E-state index in [1.165, 1.54) is 14.2 Å². The zero-order valence-corrected chi connectivity index (χ0v) is 33.1. The van der Waals surface area contributed by atoms with Gasteiger partial charge in [0, 0.05) is 27.2 Å². The number of ether oxygens (including phenoxy) is 1. The highest BCUT2D eigenvalue weighted by Crippen LogP contribution is 2.37. The number of carbonyl (C=O) groups is 3. The molecule has 2 aliphatic rings. The van der Waals surface area contributed by atoms with Gasteiger partial charge < -0.3 is 29.6 Å². The number of hydrogen-bond acceptors (Lipinski definition) is 7. The predicted molar refractivity (Wildman–Crippen MR) is 218 cm³/mol. The van der Waals surface area contributed by atoms with E-state index in [-0.39, 0.29) is 36.5 Å². The summed E-state index contributed by atoms with van der Waals surface area (Å²) in [5.41, 5.74) is 6.88. The van der Waals surface area contributed by atoms with Crippen molar-refractivity contribution in [2.45, 2.75) is 63.7 Å². The lowest BCUT2D eigenvalue weighted by atomic mass is 10.0. The number of benzene rings is 3. The summed E-state index contributed by atoms with van der Waals surface area (Å²) in [6, 6.07) is 25.1. The van der Waals surface area contributed by atoms with Crippen LogP contribution in [-0.4, -0.2) is 116 Å². The van der Waals surface area contributed by atoms with Crippen molar-refractivity contribution in [2.75, 3.05) is 46.9 Å². The fourth-order valence-corrected chi connectivity index (χ4v) is 8.34. The largest absolute Gasteiger partial charge is 0.465 e. The smallest absolute Gasteiger partial charge is 0.407 e. The van der Waals surface area contributed by atoms with Crippen molar-refractivity contribution in [3.8, 4) is 33.6 Å². The van der Waals surface area contributed by atoms with Crippen LogP contribution in [0, 0.1) is 0 Å². The Morgan fingerprint density at radius 3 is 1.68 bits per heavy atom. The Morgan fingerprint density at radius 1 is 0.754 bits per heavy atom. The third-order valence-electron chi connectivity index (χ3n) is 11.5. The number of carboxylic acid groups (broad SMARTS) is 1. The fourth-order valence-electron chi connectivity index (χ4n) is 8.34. The van der Waals surface area contributed by atoms with Gasteiger partial charge >= 0.3 is 6.09 Å². The summed E-state index contributed by atoms with van der Waals surface area (Å²) in [5.74, 6) is 1.33. The van der Waals surface area contributed by atoms with Crippen molar-refractivity contribution < 1.29 is 24.2 Å². The van der Waals surface area contributed by atoms with E-state index in [4.69, 9.17) is 9.72 Å². The van der Waals surface area contributed by atoms with E-state index in [9.17, 15) is 19.5 Å². The van der Waals surface area contributed by atoms with Gasteiger partial charge in [-0.3, -0.25) is 19.4 Å². The Morgan fingerprint density at radius 2 is 1.23 bits per heavy atom. The molecule has 57 heavy (non-hydrogen) atoms. The predicted octanol–water partition coefficient (Wildman–Crippen LogP) is 7.17. The van der Waals surface area contributed by atoms with E-state index in [0.29, 0.717) is 18.9 Å². The number of likely N-dealkylation sites (N-methyl/N-ethyl adjacent to an activating group) is 2. The Bertz CT molecular complexity index is 2130. The van der Waals surface area contributed by atoms with E-state index in [1.54, 1.807) is 11.1 Å². The van der Waals surface area contributed by atoms with Gasteiger partial charge in [0.25, 0.3) is 0 Å². The number of hydrogen-bond donors (Lipinski definition) is 3. The van der Waals surface area contributed by atoms with Crippen LogP contribution in [0.1, 0.15) is 74.9 Å². The molecule has 0 aliphatic carbocycles. The van der Waals surface area contributed by atoms with Crippen LogP contribution in [0.4, 0.5) is 4.79 Å². The number of nitrogens with one attached hydrogen (secondary N) is 2. The van der Waals surface area contributed by atoms with Gasteiger partial charge in [0.05, 0.1) is 42.5 Å². The Balaban J connectivity index is 1.02. The molecule has 3 N–H and O–H groups in total. The van der Waals surface area contributed by atoms with Crippen molar-refractivity contribution in [2.24, 2.45) is 0 Å². The standard InChI is InChI=1S/C44H52N8O5/c1-5-50(6-2)39(33-12-8-7-9-13-33)43(54)52-25-11-15-37(52)41-46-27-35(48-41)32-22-18-30(19-23-32)29-16-20-31(21-17-29)34-26-45-40(47-34)36-14-10-24-51(36)42(53)38(28-57-4)49(3)44(55)56/h7-9,12-13,16-23,26-27,36-39H,5-6,10-11,14-15,24-25,28H2,1-4H3,(H,45,47)(H,46,48)(H,55,56)/t36-,37-,38-,39+/m0/s1. The molecule has 0 unspecified atom stereocenters. The Kier molecular flexibility index (Phi) is 12.2. The lowest BCUT2D eigenvalue weighted by Crippen LogP contribution is -2.51. The third kappa shape index (κ3) is 8.21. The number of nitrogens with zero attached hydrogens (tertiary/aromatic N) is 6. The molecule has 0 spiro atoms. The number of H-pyrrole nitrogens is 2. The normalized spacial score (nSPS) is 17.9. The number of rotatable bonds is 14. The lowest BCUT2D eigenvalue weighted by molar-refractivity contribution is -0.139. The van der Waals surface area contributed by atoms with E-state index in [0.717, 1.165) is 88.7 Å². The van der Waals surface area contributed by atoms with Gasteiger partial charge in [0.2, 0.25) is 11.8 Å². The third-order valence-corrected chi connectivity index (χ3v) is 11.5. The quantitative estimate of drug-likeness (QED) is 0.108. The van der Waals surface area contributed by atoms with Gasteiger partial charge in [-0.1, -0.05) is 92.7 Å². The number of aromatic nitrogens is 4. The molecule has 13 nitrogen and oxygen atoms in total. The van der Waals surface area contributed by atoms with Crippen LogP contribution in [0.25, 0.3) is 33.6 Å². The van der Waals surface area contributed by atoms with Gasteiger partial charge in [0.1, 0.15) is 23.7 Å². The first-order chi connectivity index (χ1) is 27.7. The first-order valence-corrected chi connectivity index (χ1v) is 19.9. The molecular formula is C44H52N8O5. The topological polar surface area (TPSA) is 151 Å². The number of amides is 3. The summed E-state index contributed by atoms with van der Waals surface area (Å²) >= 11 is 0. The monoisotopic (exact) mass is 772 g/mol. The number of likely N-dealkylation sites (tertiary alicyclic amines) is 2. The number of carbonyl (C=O) groups excluding carboxylic acids is 2. The number of aromatic amines is 2. The van der Waals surface area contributed by atoms with E-state index < -0.39 is 12.1 Å². The number of imidazole rings is 2. The van der Waals surface area contributed by atoms with Gasteiger partial charge in [-0.15, -0.1) is 0 Å². The second-order valence-electron chi connectivity index (χ2n) is 14.8. The first kappa shape index (κ1) is 39.4. The average molecular weight is 773 g/mol. The van der Waals surface area contributed by atoms with Gasteiger partial charge in [-0.25, -0.2) is 14.8 Å². The van der Waals surface area contributed by atoms with Crippen molar-refractivity contribution in [3.63, 3.8) is 0 Å². The van der Waals surface area contributed by atoms with E-state index in [2.05, 4.69) is 70.1 Å². The van der Waals surface area contributed by atoms with Crippen LogP contribution >= 0.6 is 0 Å². The van der Waals surface area contributed by atoms with Crippen LogP contribution in [0.2, 0.25) is 0 Å². The molecule has 3 aromatic carbocycles. The molecule has 0 saturated carbocycles. The molecule has 7 rings (SSSR count). The highest BCUT2D eigenvalue weighted by molar-refractivity contribution is 5.86.